The zero-order valence-electron chi connectivity index (χ0n) is 14.9. The molecule has 0 atom stereocenters. The van der Waals surface area contributed by atoms with Crippen molar-refractivity contribution in [3.8, 4) is 10.4 Å². The van der Waals surface area contributed by atoms with Gasteiger partial charge in [0.05, 0.1) is 17.2 Å². The van der Waals surface area contributed by atoms with Gasteiger partial charge in [-0.3, -0.25) is 0 Å². The van der Waals surface area contributed by atoms with Gasteiger partial charge in [-0.2, -0.15) is 0 Å². The minimum absolute atomic E-state index is 0.203. The van der Waals surface area contributed by atoms with E-state index in [4.69, 9.17) is 4.74 Å². The summed E-state index contributed by atoms with van der Waals surface area (Å²) in [4.78, 5) is 17.5. The molecule has 3 aromatic rings. The van der Waals surface area contributed by atoms with Gasteiger partial charge in [-0.25, -0.2) is 4.79 Å². The van der Waals surface area contributed by atoms with Crippen molar-refractivity contribution in [2.45, 2.75) is 6.92 Å². The van der Waals surface area contributed by atoms with Crippen LogP contribution in [-0.4, -0.2) is 43.8 Å². The molecule has 0 bridgehead atoms. The maximum absolute atomic E-state index is 12.0. The summed E-state index contributed by atoms with van der Waals surface area (Å²) >= 11 is 1.84. The van der Waals surface area contributed by atoms with E-state index in [9.17, 15) is 4.79 Å². The summed E-state index contributed by atoms with van der Waals surface area (Å²) in [5.74, 6) is 0. The summed E-state index contributed by atoms with van der Waals surface area (Å²) in [6.07, 6.45) is -0.203. The maximum atomic E-state index is 12.0. The number of nitrogens with zero attached hydrogens (tertiary/aromatic N) is 2. The van der Waals surface area contributed by atoms with Gasteiger partial charge in [0.25, 0.3) is 0 Å². The average molecular weight is 366 g/mol. The maximum Gasteiger partial charge on any atom is 0.409 e. The Balaban J connectivity index is 1.67. The van der Waals surface area contributed by atoms with Gasteiger partial charge in [0.1, 0.15) is 0 Å². The van der Waals surface area contributed by atoms with Crippen molar-refractivity contribution in [3.05, 3.63) is 54.6 Å². The third-order valence-electron chi connectivity index (χ3n) is 4.73. The van der Waals surface area contributed by atoms with Gasteiger partial charge in [-0.1, -0.05) is 48.5 Å². The number of amides is 1. The molecule has 26 heavy (non-hydrogen) atoms. The summed E-state index contributed by atoms with van der Waals surface area (Å²) in [6, 6.07) is 19.1. The van der Waals surface area contributed by atoms with E-state index in [-0.39, 0.29) is 6.09 Å². The van der Waals surface area contributed by atoms with Crippen LogP contribution in [-0.2, 0) is 4.74 Å². The molecule has 0 saturated carbocycles. The number of thiophene rings is 1. The summed E-state index contributed by atoms with van der Waals surface area (Å²) in [7, 11) is 0. The fraction of sp³-hybridized carbons (Fsp3) is 0.286. The molecule has 0 N–H and O–H groups in total. The second-order valence-electron chi connectivity index (χ2n) is 6.31. The Morgan fingerprint density at radius 2 is 1.69 bits per heavy atom. The topological polar surface area (TPSA) is 32.8 Å². The number of carbonyl (C=O) groups excluding carboxylic acids is 1. The molecule has 0 unspecified atom stereocenters. The number of rotatable bonds is 3. The second-order valence-corrected chi connectivity index (χ2v) is 7.37. The van der Waals surface area contributed by atoms with E-state index >= 15 is 0 Å². The summed E-state index contributed by atoms with van der Waals surface area (Å²) < 4.78 is 6.44. The van der Waals surface area contributed by atoms with Crippen LogP contribution in [0.4, 0.5) is 10.5 Å². The van der Waals surface area contributed by atoms with Crippen molar-refractivity contribution in [2.24, 2.45) is 0 Å². The predicted octanol–water partition coefficient (Wildman–Crippen LogP) is 4.85. The predicted molar refractivity (Wildman–Crippen MR) is 108 cm³/mol. The van der Waals surface area contributed by atoms with Crippen LogP contribution < -0.4 is 4.90 Å². The van der Waals surface area contributed by atoms with Crippen LogP contribution in [0, 0.1) is 0 Å². The fourth-order valence-electron chi connectivity index (χ4n) is 3.46. The Labute approximate surface area is 157 Å². The van der Waals surface area contributed by atoms with Crippen LogP contribution in [0.3, 0.4) is 0 Å². The van der Waals surface area contributed by atoms with E-state index in [1.54, 1.807) is 4.90 Å². The summed E-state index contributed by atoms with van der Waals surface area (Å²) in [6.45, 7) is 5.29. The average Bonchev–Trinajstić information content (AvgIpc) is 3.08. The highest BCUT2D eigenvalue weighted by molar-refractivity contribution is 7.23. The Hall–Kier alpha value is -2.53. The molecule has 1 aromatic heterocycles. The van der Waals surface area contributed by atoms with Crippen LogP contribution in [0.1, 0.15) is 6.92 Å². The quantitative estimate of drug-likeness (QED) is 0.664. The molecule has 0 radical (unpaired) electrons. The van der Waals surface area contributed by atoms with Gasteiger partial charge in [0, 0.05) is 36.3 Å². The molecule has 2 aromatic carbocycles. The molecule has 1 aliphatic rings. The first-order valence-corrected chi connectivity index (χ1v) is 9.83. The number of hydrogen-bond donors (Lipinski definition) is 0. The van der Waals surface area contributed by atoms with Crippen LogP contribution in [0.25, 0.3) is 20.5 Å². The van der Waals surface area contributed by atoms with E-state index in [1.165, 1.54) is 26.2 Å². The Morgan fingerprint density at radius 1 is 1.00 bits per heavy atom. The van der Waals surface area contributed by atoms with Crippen molar-refractivity contribution >= 4 is 33.2 Å². The zero-order valence-corrected chi connectivity index (χ0v) is 15.7. The molecular weight excluding hydrogens is 344 g/mol. The van der Waals surface area contributed by atoms with Gasteiger partial charge in [-0.15, -0.1) is 11.3 Å². The van der Waals surface area contributed by atoms with Crippen molar-refractivity contribution in [1.82, 2.24) is 4.90 Å². The standard InChI is InChI=1S/C21H22N2O2S/c1-2-25-21(24)23-14-12-22(13-15-23)19-17-10-6-7-11-18(17)26-20(19)16-8-4-3-5-9-16/h3-11H,2,12-15H2,1H3. The Kier molecular flexibility index (Phi) is 4.80. The number of benzene rings is 2. The minimum atomic E-state index is -0.203. The van der Waals surface area contributed by atoms with Crippen molar-refractivity contribution in [1.29, 1.82) is 0 Å². The van der Waals surface area contributed by atoms with Gasteiger partial charge in [0.15, 0.2) is 0 Å². The van der Waals surface area contributed by atoms with E-state index in [2.05, 4.69) is 59.5 Å². The molecule has 1 saturated heterocycles. The first-order chi connectivity index (χ1) is 12.8. The minimum Gasteiger partial charge on any atom is -0.450 e. The third kappa shape index (κ3) is 3.15. The van der Waals surface area contributed by atoms with Gasteiger partial charge in [-0.05, 0) is 18.6 Å². The Morgan fingerprint density at radius 3 is 2.42 bits per heavy atom. The highest BCUT2D eigenvalue weighted by atomic mass is 32.1. The molecule has 1 aliphatic heterocycles. The lowest BCUT2D eigenvalue weighted by Crippen LogP contribution is -2.49. The molecule has 4 nitrogen and oxygen atoms in total. The Bertz CT molecular complexity index is 899. The zero-order chi connectivity index (χ0) is 17.9. The molecular formula is C21H22N2O2S. The number of fused-ring (bicyclic) bond motifs is 1. The number of anilines is 1. The van der Waals surface area contributed by atoms with Crippen LogP contribution in [0.5, 0.6) is 0 Å². The molecule has 2 heterocycles. The van der Waals surface area contributed by atoms with Crippen molar-refractivity contribution in [2.75, 3.05) is 37.7 Å². The van der Waals surface area contributed by atoms with Crippen LogP contribution in [0.2, 0.25) is 0 Å². The van der Waals surface area contributed by atoms with E-state index in [0.717, 1.165) is 13.1 Å². The lowest BCUT2D eigenvalue weighted by atomic mass is 10.1. The lowest BCUT2D eigenvalue weighted by molar-refractivity contribution is 0.105. The van der Waals surface area contributed by atoms with Crippen LogP contribution in [0.15, 0.2) is 54.6 Å². The lowest BCUT2D eigenvalue weighted by Gasteiger charge is -2.35. The van der Waals surface area contributed by atoms with Gasteiger partial charge < -0.3 is 14.5 Å². The first kappa shape index (κ1) is 16.9. The molecule has 0 spiro atoms. The highest BCUT2D eigenvalue weighted by Gasteiger charge is 2.26. The number of piperazine rings is 1. The van der Waals surface area contributed by atoms with Gasteiger partial charge >= 0.3 is 6.09 Å². The summed E-state index contributed by atoms with van der Waals surface area (Å²) in [5, 5.41) is 1.29. The van der Waals surface area contributed by atoms with Crippen molar-refractivity contribution in [3.63, 3.8) is 0 Å². The molecule has 1 amide bonds. The van der Waals surface area contributed by atoms with Gasteiger partial charge in [0.2, 0.25) is 0 Å². The molecule has 4 rings (SSSR count). The number of hydrogen-bond acceptors (Lipinski definition) is 4. The molecule has 134 valence electrons. The van der Waals surface area contributed by atoms with E-state index < -0.39 is 0 Å². The summed E-state index contributed by atoms with van der Waals surface area (Å²) in [5.41, 5.74) is 2.54. The molecule has 5 heteroatoms. The highest BCUT2D eigenvalue weighted by Crippen LogP contribution is 2.44. The van der Waals surface area contributed by atoms with E-state index in [1.807, 2.05) is 18.3 Å². The molecule has 0 aliphatic carbocycles. The van der Waals surface area contributed by atoms with Crippen LogP contribution >= 0.6 is 11.3 Å². The second kappa shape index (κ2) is 7.38. The molecule has 1 fully saturated rings. The smallest absolute Gasteiger partial charge is 0.409 e. The fourth-order valence-corrected chi connectivity index (χ4v) is 4.69. The largest absolute Gasteiger partial charge is 0.450 e. The third-order valence-corrected chi connectivity index (χ3v) is 5.94. The number of ether oxygens (including phenoxy) is 1. The normalized spacial score (nSPS) is 14.7. The van der Waals surface area contributed by atoms with E-state index in [0.29, 0.717) is 19.7 Å². The SMILES string of the molecule is CCOC(=O)N1CCN(c2c(-c3ccccc3)sc3ccccc23)CC1. The van der Waals surface area contributed by atoms with Crippen molar-refractivity contribution < 1.29 is 9.53 Å². The number of carbonyl (C=O) groups is 1. The first-order valence-electron chi connectivity index (χ1n) is 9.01. The monoisotopic (exact) mass is 366 g/mol.